The average Bonchev–Trinajstić information content (AvgIpc) is 3.61. The normalized spacial score (nSPS) is 16.0. The molecule has 0 atom stereocenters. The van der Waals surface area contributed by atoms with Crippen molar-refractivity contribution in [3.8, 4) is 33.4 Å². The van der Waals surface area contributed by atoms with E-state index in [4.69, 9.17) is 15.4 Å². The second-order valence-electron chi connectivity index (χ2n) is 10.2. The lowest BCUT2D eigenvalue weighted by Crippen LogP contribution is -1.91. The van der Waals surface area contributed by atoms with Gasteiger partial charge in [-0.05, 0) is 95.9 Å². The zero-order valence-electron chi connectivity index (χ0n) is 35.4. The van der Waals surface area contributed by atoms with Crippen LogP contribution in [-0.4, -0.2) is 0 Å². The highest BCUT2D eigenvalue weighted by molar-refractivity contribution is 6.22. The van der Waals surface area contributed by atoms with Crippen LogP contribution in [-0.2, 0) is 0 Å². The first-order chi connectivity index (χ1) is 26.8. The fourth-order valence-corrected chi connectivity index (χ4v) is 5.84. The molecule has 200 valence electrons. The van der Waals surface area contributed by atoms with Gasteiger partial charge >= 0.3 is 0 Å². The third-order valence-corrected chi connectivity index (χ3v) is 7.75. The summed E-state index contributed by atoms with van der Waals surface area (Å²) in [5.41, 5.74) is 0.945. The van der Waals surface area contributed by atoms with E-state index in [9.17, 15) is 6.85 Å². The van der Waals surface area contributed by atoms with Gasteiger partial charge in [0.05, 0.1) is 17.8 Å². The Balaban J connectivity index is 1.43. The van der Waals surface area contributed by atoms with Crippen molar-refractivity contribution >= 4 is 54.3 Å². The molecule has 1 heteroatoms. The van der Waals surface area contributed by atoms with Crippen LogP contribution in [0.3, 0.4) is 0 Å². The molecule has 9 aromatic rings. The van der Waals surface area contributed by atoms with E-state index in [-0.39, 0.29) is 97.7 Å². The minimum atomic E-state index is -0.531. The first-order valence-corrected chi connectivity index (χ1v) is 13.7. The molecular weight excluding hydrogens is 520 g/mol. The highest BCUT2D eigenvalue weighted by Gasteiger charge is 2.18. The van der Waals surface area contributed by atoms with Gasteiger partial charge in [-0.15, -0.1) is 0 Å². The Labute approximate surface area is 267 Å². The van der Waals surface area contributed by atoms with Gasteiger partial charge in [0, 0.05) is 10.8 Å². The number of para-hydroxylation sites is 1. The summed E-state index contributed by atoms with van der Waals surface area (Å²) in [5.74, 6) is 0. The maximum Gasteiger partial charge on any atom is 0.135 e. The number of benzene rings is 8. The zero-order chi connectivity index (χ0) is 39.6. The second-order valence-corrected chi connectivity index (χ2v) is 10.2. The van der Waals surface area contributed by atoms with E-state index in [2.05, 4.69) is 0 Å². The van der Waals surface area contributed by atoms with Crippen LogP contribution in [0.25, 0.3) is 87.6 Å². The largest absolute Gasteiger partial charge is 0.456 e. The van der Waals surface area contributed by atoms with Crippen molar-refractivity contribution in [2.75, 3.05) is 0 Å². The third kappa shape index (κ3) is 3.79. The van der Waals surface area contributed by atoms with Crippen molar-refractivity contribution in [2.24, 2.45) is 0 Å². The smallest absolute Gasteiger partial charge is 0.135 e. The van der Waals surface area contributed by atoms with Crippen LogP contribution in [0.5, 0.6) is 0 Å². The fourth-order valence-electron chi connectivity index (χ4n) is 5.84. The van der Waals surface area contributed by atoms with Crippen molar-refractivity contribution < 1.29 is 22.2 Å². The molecule has 43 heavy (non-hydrogen) atoms. The van der Waals surface area contributed by atoms with E-state index in [1.54, 1.807) is 78.9 Å². The molecule has 0 radical (unpaired) electrons. The fraction of sp³-hybridized carbons (Fsp3) is 0. The number of hydrogen-bond acceptors (Lipinski definition) is 1. The molecule has 0 saturated carbocycles. The molecule has 9 rings (SSSR count). The topological polar surface area (TPSA) is 13.1 Å². The van der Waals surface area contributed by atoms with Gasteiger partial charge in [-0.25, -0.2) is 0 Å². The minimum Gasteiger partial charge on any atom is -0.456 e. The number of hydrogen-bond donors (Lipinski definition) is 0. The number of rotatable bonds is 3. The van der Waals surface area contributed by atoms with Crippen LogP contribution in [0.2, 0.25) is 0 Å². The predicted octanol–water partition coefficient (Wildman–Crippen LogP) is 12.0. The number of furan rings is 1. The molecule has 0 aliphatic carbocycles. The van der Waals surface area contributed by atoms with Gasteiger partial charge in [0.25, 0.3) is 0 Å². The van der Waals surface area contributed by atoms with E-state index < -0.39 is 30.2 Å². The second kappa shape index (κ2) is 9.44. The van der Waals surface area contributed by atoms with Gasteiger partial charge in [0.2, 0.25) is 0 Å². The Bertz CT molecular complexity index is 3170. The average molecular weight is 560 g/mol. The quantitative estimate of drug-likeness (QED) is 0.196. The van der Waals surface area contributed by atoms with Crippen molar-refractivity contribution in [3.05, 3.63) is 157 Å². The SMILES string of the molecule is [2H]c1c([2H])c([2H])c2c(oc3c([2H])c([2H])c(-c4c5ccccc5c(-c5c([2H])c([2H])c6c([2H])c(-c7ccccc7)c([2H])c([2H])c6c5[2H])c5ccccc45)c([2H])c32)c1[2H]. The molecule has 1 heterocycles. The van der Waals surface area contributed by atoms with Gasteiger partial charge in [-0.3, -0.25) is 0 Å². The molecule has 8 aromatic carbocycles. The minimum absolute atomic E-state index is 0.00635. The van der Waals surface area contributed by atoms with Crippen molar-refractivity contribution in [2.45, 2.75) is 0 Å². The molecule has 0 aliphatic heterocycles. The Kier molecular flexibility index (Phi) is 3.18. The van der Waals surface area contributed by atoms with Crippen molar-refractivity contribution in [1.82, 2.24) is 0 Å². The summed E-state index contributed by atoms with van der Waals surface area (Å²) in [6, 6.07) is 17.7. The predicted molar refractivity (Wildman–Crippen MR) is 183 cm³/mol. The third-order valence-electron chi connectivity index (χ3n) is 7.75. The summed E-state index contributed by atoms with van der Waals surface area (Å²) >= 11 is 0. The Morgan fingerprint density at radius 2 is 0.884 bits per heavy atom. The lowest BCUT2D eigenvalue weighted by Gasteiger charge is -2.18. The van der Waals surface area contributed by atoms with Gasteiger partial charge < -0.3 is 4.42 Å². The standard InChI is InChI=1S/C42H26O/c1-2-10-27(11-3-1)28-18-19-30-25-31(21-20-29(30)24-28)41-34-13-4-6-15-36(34)42(37-16-7-5-14-35(37)41)32-22-23-40-38(26-32)33-12-8-9-17-39(33)43-40/h1-26H/i8D,9D,12D,17D,18D,19D,20D,21D,22D,23D,24D,25D,26D. The molecule has 0 unspecified atom stereocenters. The maximum atomic E-state index is 9.56. The van der Waals surface area contributed by atoms with Gasteiger partial charge in [-0.1, -0.05) is 127 Å². The molecule has 0 fully saturated rings. The molecule has 1 aromatic heterocycles. The summed E-state index contributed by atoms with van der Waals surface area (Å²) in [6.07, 6.45) is 0. The Morgan fingerprint density at radius 1 is 0.372 bits per heavy atom. The molecule has 1 nitrogen and oxygen atoms in total. The molecule has 0 aliphatic rings. The van der Waals surface area contributed by atoms with E-state index in [0.717, 1.165) is 0 Å². The lowest BCUT2D eigenvalue weighted by atomic mass is 9.85. The zero-order valence-corrected chi connectivity index (χ0v) is 22.4. The highest BCUT2D eigenvalue weighted by atomic mass is 16.3. The van der Waals surface area contributed by atoms with Crippen LogP contribution in [0.1, 0.15) is 17.8 Å². The van der Waals surface area contributed by atoms with Crippen LogP contribution >= 0.6 is 0 Å². The van der Waals surface area contributed by atoms with Crippen LogP contribution in [0.4, 0.5) is 0 Å². The van der Waals surface area contributed by atoms with Gasteiger partial charge in [-0.2, -0.15) is 0 Å². The summed E-state index contributed by atoms with van der Waals surface area (Å²) in [5, 5.41) is 1.59. The molecular formula is C42H26O. The summed E-state index contributed by atoms with van der Waals surface area (Å²) in [4.78, 5) is 0. The Morgan fingerprint density at radius 3 is 1.56 bits per heavy atom. The summed E-state index contributed by atoms with van der Waals surface area (Å²) < 4.78 is 123. The Hall–Kier alpha value is -5.66. The number of fused-ring (bicyclic) bond motifs is 6. The monoisotopic (exact) mass is 559 g/mol. The molecule has 0 bridgehead atoms. The molecule has 0 amide bonds. The lowest BCUT2D eigenvalue weighted by molar-refractivity contribution is 0.669. The summed E-state index contributed by atoms with van der Waals surface area (Å²) in [7, 11) is 0. The maximum absolute atomic E-state index is 9.56. The van der Waals surface area contributed by atoms with E-state index in [0.29, 0.717) is 38.2 Å². The van der Waals surface area contributed by atoms with Gasteiger partial charge in [0.1, 0.15) is 11.2 Å². The van der Waals surface area contributed by atoms with E-state index in [1.807, 2.05) is 0 Å². The van der Waals surface area contributed by atoms with Crippen LogP contribution in [0, 0.1) is 0 Å². The first-order valence-electron chi connectivity index (χ1n) is 20.2. The van der Waals surface area contributed by atoms with E-state index >= 15 is 0 Å². The molecule has 0 saturated heterocycles. The van der Waals surface area contributed by atoms with Crippen molar-refractivity contribution in [3.63, 3.8) is 0 Å². The first kappa shape index (κ1) is 14.5. The van der Waals surface area contributed by atoms with E-state index in [1.165, 1.54) is 0 Å². The molecule has 0 spiro atoms. The molecule has 0 N–H and O–H groups in total. The van der Waals surface area contributed by atoms with Gasteiger partial charge in [0.15, 0.2) is 0 Å². The van der Waals surface area contributed by atoms with Crippen LogP contribution < -0.4 is 0 Å². The van der Waals surface area contributed by atoms with Crippen LogP contribution in [0.15, 0.2) is 162 Å². The highest BCUT2D eigenvalue weighted by Crippen LogP contribution is 2.45. The van der Waals surface area contributed by atoms with Crippen molar-refractivity contribution in [1.29, 1.82) is 0 Å². The summed E-state index contributed by atoms with van der Waals surface area (Å²) in [6.45, 7) is 0.